The number of carbonyl (C=O) groups is 4. The lowest BCUT2D eigenvalue weighted by Gasteiger charge is -2.14. The number of aliphatic carboxylic acids is 1. The van der Waals surface area contributed by atoms with Crippen LogP contribution in [0, 0.1) is 11.6 Å². The number of carboxylic acid groups (broad SMARTS) is 1. The molecule has 5 rings (SSSR count). The summed E-state index contributed by atoms with van der Waals surface area (Å²) < 4.78 is 28.7. The van der Waals surface area contributed by atoms with Crippen LogP contribution < -0.4 is 16.0 Å². The van der Waals surface area contributed by atoms with E-state index in [-0.39, 0.29) is 35.8 Å². The normalized spacial score (nSPS) is 15.2. The molecule has 0 radical (unpaired) electrons. The molecule has 0 bridgehead atoms. The second-order valence-electron chi connectivity index (χ2n) is 9.01. The van der Waals surface area contributed by atoms with Gasteiger partial charge in [-0.05, 0) is 55.2 Å². The van der Waals surface area contributed by atoms with Crippen LogP contribution in [0.5, 0.6) is 0 Å². The van der Waals surface area contributed by atoms with Crippen molar-refractivity contribution in [2.24, 2.45) is 0 Å². The van der Waals surface area contributed by atoms with Gasteiger partial charge in [0.15, 0.2) is 5.78 Å². The van der Waals surface area contributed by atoms with E-state index in [1.807, 2.05) is 0 Å². The molecule has 3 amide bonds. The van der Waals surface area contributed by atoms with Gasteiger partial charge in [0.1, 0.15) is 11.6 Å². The molecular formula is C27H22F2N4O5. The molecule has 194 valence electrons. The fraction of sp³-hybridized carbons (Fsp3) is 0.185. The molecule has 1 aliphatic heterocycles. The Labute approximate surface area is 215 Å². The molecule has 0 fully saturated rings. The first-order chi connectivity index (χ1) is 18.2. The van der Waals surface area contributed by atoms with E-state index in [1.165, 1.54) is 0 Å². The minimum atomic E-state index is -0.969. The van der Waals surface area contributed by atoms with Crippen molar-refractivity contribution in [2.45, 2.75) is 32.1 Å². The maximum atomic E-state index is 13.9. The summed E-state index contributed by atoms with van der Waals surface area (Å²) in [7, 11) is 0. The van der Waals surface area contributed by atoms with Crippen molar-refractivity contribution in [1.82, 2.24) is 4.57 Å². The van der Waals surface area contributed by atoms with Crippen molar-refractivity contribution in [3.05, 3.63) is 76.6 Å². The highest BCUT2D eigenvalue weighted by Crippen LogP contribution is 2.36. The fourth-order valence-electron chi connectivity index (χ4n) is 4.72. The molecule has 0 saturated heterocycles. The molecule has 2 heterocycles. The Bertz CT molecular complexity index is 1540. The Kier molecular flexibility index (Phi) is 6.50. The lowest BCUT2D eigenvalue weighted by atomic mass is 9.92. The van der Waals surface area contributed by atoms with Crippen molar-refractivity contribution in [1.29, 1.82) is 0 Å². The number of urea groups is 1. The van der Waals surface area contributed by atoms with Gasteiger partial charge in [-0.25, -0.2) is 13.6 Å². The number of halogens is 2. The van der Waals surface area contributed by atoms with Crippen LogP contribution in [-0.4, -0.2) is 33.4 Å². The lowest BCUT2D eigenvalue weighted by Crippen LogP contribution is -2.20. The van der Waals surface area contributed by atoms with Gasteiger partial charge in [0.05, 0.1) is 11.3 Å². The molecule has 9 nitrogen and oxygen atoms in total. The number of rotatable bonds is 6. The number of carbonyl (C=O) groups excluding carboxylic acids is 3. The molecule has 1 aliphatic carbocycles. The van der Waals surface area contributed by atoms with Gasteiger partial charge in [0.25, 0.3) is 5.91 Å². The molecule has 0 unspecified atom stereocenters. The van der Waals surface area contributed by atoms with Gasteiger partial charge in [0, 0.05) is 59.5 Å². The third-order valence-corrected chi connectivity index (χ3v) is 6.43. The molecule has 11 heteroatoms. The van der Waals surface area contributed by atoms with Gasteiger partial charge in [-0.2, -0.15) is 0 Å². The Morgan fingerprint density at radius 3 is 2.66 bits per heavy atom. The molecule has 0 spiro atoms. The van der Waals surface area contributed by atoms with E-state index >= 15 is 0 Å². The molecule has 3 aromatic rings. The van der Waals surface area contributed by atoms with E-state index in [1.54, 1.807) is 35.2 Å². The van der Waals surface area contributed by atoms with Crippen LogP contribution in [0.25, 0.3) is 11.8 Å². The standard InChI is InChI=1S/C27H22F2N4O5/c28-15-5-7-21(19(29)10-15)32-27(38)30-16-6-8-20-17(11-16)18(26(37)31-20)13-33-12-14(4-9-24(35)36)25-22(33)2-1-3-23(25)34/h5-8,10-13H,1-4,9H2,(H,31,37)(H,35,36)(H2,30,32,38). The summed E-state index contributed by atoms with van der Waals surface area (Å²) in [4.78, 5) is 49.0. The first kappa shape index (κ1) is 24.9. The number of hydrogen-bond acceptors (Lipinski definition) is 4. The zero-order valence-electron chi connectivity index (χ0n) is 19.9. The number of carboxylic acids is 1. The van der Waals surface area contributed by atoms with Crippen LogP contribution in [-0.2, 0) is 22.4 Å². The number of Topliss-reactive ketones (excluding diaryl/α,β-unsaturated/α-hetero) is 1. The van der Waals surface area contributed by atoms with Crippen molar-refractivity contribution < 1.29 is 33.1 Å². The Morgan fingerprint density at radius 1 is 1.08 bits per heavy atom. The van der Waals surface area contributed by atoms with E-state index in [4.69, 9.17) is 5.11 Å². The second-order valence-corrected chi connectivity index (χ2v) is 9.01. The van der Waals surface area contributed by atoms with Crippen molar-refractivity contribution in [2.75, 3.05) is 16.0 Å². The minimum Gasteiger partial charge on any atom is -0.481 e. The highest BCUT2D eigenvalue weighted by Gasteiger charge is 2.28. The zero-order valence-corrected chi connectivity index (χ0v) is 19.9. The number of ketones is 1. The number of aryl methyl sites for hydroxylation is 1. The minimum absolute atomic E-state index is 0.0462. The van der Waals surface area contributed by atoms with Gasteiger partial charge in [0.2, 0.25) is 0 Å². The molecule has 38 heavy (non-hydrogen) atoms. The SMILES string of the molecule is O=C(O)CCc1cn(C=C2C(=O)Nc3ccc(NC(=O)Nc4ccc(F)cc4F)cc32)c2c1C(=O)CCC2. The predicted molar refractivity (Wildman–Crippen MR) is 136 cm³/mol. The largest absolute Gasteiger partial charge is 0.481 e. The summed E-state index contributed by atoms with van der Waals surface area (Å²) in [5.41, 5.74) is 3.29. The highest BCUT2D eigenvalue weighted by molar-refractivity contribution is 6.34. The molecule has 0 saturated carbocycles. The number of fused-ring (bicyclic) bond motifs is 2. The number of anilines is 3. The summed E-state index contributed by atoms with van der Waals surface area (Å²) >= 11 is 0. The maximum absolute atomic E-state index is 13.9. The Morgan fingerprint density at radius 2 is 1.89 bits per heavy atom. The van der Waals surface area contributed by atoms with Crippen LogP contribution in [0.3, 0.4) is 0 Å². The summed E-state index contributed by atoms with van der Waals surface area (Å²) in [5, 5.41) is 16.7. The zero-order chi connectivity index (χ0) is 27.0. The van der Waals surface area contributed by atoms with E-state index in [0.717, 1.165) is 17.8 Å². The number of nitrogens with one attached hydrogen (secondary N) is 3. The van der Waals surface area contributed by atoms with E-state index in [0.29, 0.717) is 53.4 Å². The molecular weight excluding hydrogens is 498 g/mol. The van der Waals surface area contributed by atoms with Gasteiger partial charge >= 0.3 is 12.0 Å². The van der Waals surface area contributed by atoms with Crippen molar-refractivity contribution >= 4 is 52.5 Å². The van der Waals surface area contributed by atoms with Crippen molar-refractivity contribution in [3.63, 3.8) is 0 Å². The van der Waals surface area contributed by atoms with Gasteiger partial charge in [-0.15, -0.1) is 0 Å². The van der Waals surface area contributed by atoms with Gasteiger partial charge < -0.3 is 25.6 Å². The second kappa shape index (κ2) is 9.92. The van der Waals surface area contributed by atoms with Crippen molar-refractivity contribution in [3.8, 4) is 0 Å². The number of amides is 3. The Hall–Kier alpha value is -4.80. The van der Waals surface area contributed by atoms with Crippen LogP contribution >= 0.6 is 0 Å². The monoisotopic (exact) mass is 520 g/mol. The van der Waals surface area contributed by atoms with E-state index in [9.17, 15) is 28.0 Å². The van der Waals surface area contributed by atoms with Crippen LogP contribution in [0.1, 0.15) is 46.4 Å². The Balaban J connectivity index is 1.43. The summed E-state index contributed by atoms with van der Waals surface area (Å²) in [6.45, 7) is 0. The molecule has 2 aromatic carbocycles. The number of benzene rings is 2. The molecule has 4 N–H and O–H groups in total. The average Bonchev–Trinajstić information content (AvgIpc) is 3.37. The van der Waals surface area contributed by atoms with Gasteiger partial charge in [-0.1, -0.05) is 0 Å². The third-order valence-electron chi connectivity index (χ3n) is 6.43. The van der Waals surface area contributed by atoms with Crippen LogP contribution in [0.4, 0.5) is 30.6 Å². The first-order valence-electron chi connectivity index (χ1n) is 11.9. The first-order valence-corrected chi connectivity index (χ1v) is 11.9. The van der Waals surface area contributed by atoms with E-state index < -0.39 is 23.6 Å². The number of nitrogens with zero attached hydrogens (tertiary/aromatic N) is 1. The van der Waals surface area contributed by atoms with Crippen LogP contribution in [0.2, 0.25) is 0 Å². The summed E-state index contributed by atoms with van der Waals surface area (Å²) in [6.07, 6.45) is 5.01. The maximum Gasteiger partial charge on any atom is 0.323 e. The predicted octanol–water partition coefficient (Wildman–Crippen LogP) is 4.90. The molecule has 2 aliphatic rings. The van der Waals surface area contributed by atoms with Crippen LogP contribution in [0.15, 0.2) is 42.6 Å². The number of hydrogen-bond donors (Lipinski definition) is 4. The summed E-state index contributed by atoms with van der Waals surface area (Å²) in [6, 6.07) is 6.75. The third kappa shape index (κ3) is 4.90. The summed E-state index contributed by atoms with van der Waals surface area (Å²) in [5.74, 6) is -3.10. The number of aromatic nitrogens is 1. The van der Waals surface area contributed by atoms with E-state index in [2.05, 4.69) is 16.0 Å². The topological polar surface area (TPSA) is 130 Å². The average molecular weight is 520 g/mol. The lowest BCUT2D eigenvalue weighted by molar-refractivity contribution is -0.137. The highest BCUT2D eigenvalue weighted by atomic mass is 19.1. The quantitative estimate of drug-likeness (QED) is 0.344. The smallest absolute Gasteiger partial charge is 0.323 e. The van der Waals surface area contributed by atoms with Gasteiger partial charge in [-0.3, -0.25) is 14.4 Å². The fourth-order valence-corrected chi connectivity index (χ4v) is 4.72. The molecule has 1 aromatic heterocycles. The molecule has 0 atom stereocenters.